The molecule has 1 saturated carbocycles. The lowest BCUT2D eigenvalue weighted by molar-refractivity contribution is 0.288. The predicted octanol–water partition coefficient (Wildman–Crippen LogP) is 3.34. The van der Waals surface area contributed by atoms with Crippen molar-refractivity contribution in [1.82, 2.24) is 15.6 Å². The molecule has 0 spiro atoms. The molecule has 0 bridgehead atoms. The molecule has 1 heterocycles. The molecule has 2 N–H and O–H groups in total. The number of nitrogens with zero attached hydrogens (tertiary/aromatic N) is 2. The van der Waals surface area contributed by atoms with Gasteiger partial charge in [0.05, 0.1) is 13.2 Å². The first-order valence-corrected chi connectivity index (χ1v) is 8.41. The summed E-state index contributed by atoms with van der Waals surface area (Å²) >= 11 is 0. The summed E-state index contributed by atoms with van der Waals surface area (Å²) in [5, 5.41) is 6.59. The first-order valence-electron chi connectivity index (χ1n) is 8.41. The van der Waals surface area contributed by atoms with E-state index in [9.17, 15) is 0 Å². The minimum atomic E-state index is 0. The maximum atomic E-state index is 5.64. The number of halogens is 1. The van der Waals surface area contributed by atoms with Crippen LogP contribution in [0.25, 0.3) is 0 Å². The Balaban J connectivity index is 0.00000264. The summed E-state index contributed by atoms with van der Waals surface area (Å²) in [5.41, 5.74) is 1.09. The molecule has 1 aliphatic rings. The van der Waals surface area contributed by atoms with Gasteiger partial charge in [-0.1, -0.05) is 19.4 Å². The van der Waals surface area contributed by atoms with Crippen LogP contribution in [0.3, 0.4) is 0 Å². The van der Waals surface area contributed by atoms with Gasteiger partial charge >= 0.3 is 0 Å². The molecular weight excluding hydrogens is 403 g/mol. The minimum Gasteiger partial charge on any atom is -0.477 e. The Morgan fingerprint density at radius 3 is 2.74 bits per heavy atom. The quantitative estimate of drug-likeness (QED) is 0.272. The van der Waals surface area contributed by atoms with Crippen LogP contribution in [-0.4, -0.2) is 30.6 Å². The number of ether oxygens (including phenoxy) is 1. The van der Waals surface area contributed by atoms with E-state index in [-0.39, 0.29) is 24.0 Å². The Morgan fingerprint density at radius 2 is 2.13 bits per heavy atom. The number of aromatic nitrogens is 1. The number of hydrogen-bond donors (Lipinski definition) is 2. The van der Waals surface area contributed by atoms with E-state index < -0.39 is 0 Å². The van der Waals surface area contributed by atoms with Gasteiger partial charge in [0.1, 0.15) is 0 Å². The molecule has 0 radical (unpaired) electrons. The van der Waals surface area contributed by atoms with Gasteiger partial charge in [0, 0.05) is 25.4 Å². The maximum absolute atomic E-state index is 5.64. The average Bonchev–Trinajstić information content (AvgIpc) is 3.36. The standard InChI is InChI=1S/C17H28N4O.HI/c1-3-5-10-19-17(18-4-2)21-12-15-8-9-16(20-11-15)22-13-14-6-7-14;/h8-9,11,14H,3-7,10,12-13H2,1-2H3,(H2,18,19,21);1H. The van der Waals surface area contributed by atoms with Crippen LogP contribution in [0.4, 0.5) is 0 Å². The van der Waals surface area contributed by atoms with Crippen molar-refractivity contribution < 1.29 is 4.74 Å². The van der Waals surface area contributed by atoms with Gasteiger partial charge in [-0.25, -0.2) is 9.98 Å². The molecule has 1 aliphatic carbocycles. The van der Waals surface area contributed by atoms with Crippen LogP contribution in [0.5, 0.6) is 5.88 Å². The average molecular weight is 432 g/mol. The second kappa shape index (κ2) is 11.5. The molecule has 0 unspecified atom stereocenters. The Hall–Kier alpha value is -1.05. The van der Waals surface area contributed by atoms with Crippen LogP contribution >= 0.6 is 24.0 Å². The first-order chi connectivity index (χ1) is 10.8. The highest BCUT2D eigenvalue weighted by Crippen LogP contribution is 2.29. The van der Waals surface area contributed by atoms with Crippen LogP contribution in [-0.2, 0) is 6.54 Å². The molecule has 5 nitrogen and oxygen atoms in total. The molecule has 6 heteroatoms. The molecule has 1 aromatic rings. The Kier molecular flexibility index (Phi) is 9.98. The molecule has 130 valence electrons. The summed E-state index contributed by atoms with van der Waals surface area (Å²) in [6.45, 7) is 7.50. The van der Waals surface area contributed by atoms with E-state index in [0.29, 0.717) is 12.4 Å². The second-order valence-electron chi connectivity index (χ2n) is 5.73. The SMILES string of the molecule is CCCCNC(=NCc1ccc(OCC2CC2)nc1)NCC.I. The number of guanidine groups is 1. The third kappa shape index (κ3) is 8.39. The second-order valence-corrected chi connectivity index (χ2v) is 5.73. The summed E-state index contributed by atoms with van der Waals surface area (Å²) in [5.74, 6) is 2.33. The minimum absolute atomic E-state index is 0. The van der Waals surface area contributed by atoms with Crippen molar-refractivity contribution in [1.29, 1.82) is 0 Å². The summed E-state index contributed by atoms with van der Waals surface area (Å²) in [6.07, 6.45) is 6.77. The number of unbranched alkanes of at least 4 members (excludes halogenated alkanes) is 1. The fourth-order valence-electron chi connectivity index (χ4n) is 1.97. The summed E-state index contributed by atoms with van der Waals surface area (Å²) in [7, 11) is 0. The fraction of sp³-hybridized carbons (Fsp3) is 0.647. The highest BCUT2D eigenvalue weighted by atomic mass is 127. The van der Waals surface area contributed by atoms with E-state index in [2.05, 4.69) is 34.5 Å². The van der Waals surface area contributed by atoms with Crippen LogP contribution in [0, 0.1) is 5.92 Å². The summed E-state index contributed by atoms with van der Waals surface area (Å²) in [6, 6.07) is 3.97. The smallest absolute Gasteiger partial charge is 0.213 e. The number of pyridine rings is 1. The van der Waals surface area contributed by atoms with E-state index in [4.69, 9.17) is 4.74 Å². The Labute approximate surface area is 156 Å². The molecule has 0 amide bonds. The number of hydrogen-bond acceptors (Lipinski definition) is 3. The van der Waals surface area contributed by atoms with E-state index in [1.54, 1.807) is 0 Å². The third-order valence-electron chi connectivity index (χ3n) is 3.55. The van der Waals surface area contributed by atoms with Crippen LogP contribution in [0.1, 0.15) is 45.1 Å². The van der Waals surface area contributed by atoms with Gasteiger partial charge in [-0.3, -0.25) is 0 Å². The van der Waals surface area contributed by atoms with E-state index in [0.717, 1.165) is 43.6 Å². The van der Waals surface area contributed by atoms with Gasteiger partial charge in [0.15, 0.2) is 5.96 Å². The van der Waals surface area contributed by atoms with Gasteiger partial charge in [0.2, 0.25) is 5.88 Å². The molecule has 23 heavy (non-hydrogen) atoms. The van der Waals surface area contributed by atoms with Gasteiger partial charge < -0.3 is 15.4 Å². The largest absolute Gasteiger partial charge is 0.477 e. The summed E-state index contributed by atoms with van der Waals surface area (Å²) < 4.78 is 5.64. The van der Waals surface area contributed by atoms with E-state index >= 15 is 0 Å². The van der Waals surface area contributed by atoms with Crippen molar-refractivity contribution in [2.45, 2.75) is 46.1 Å². The van der Waals surface area contributed by atoms with Crippen LogP contribution in [0.2, 0.25) is 0 Å². The zero-order valence-corrected chi connectivity index (χ0v) is 16.5. The molecule has 0 saturated heterocycles. The number of aliphatic imine (C=N–C) groups is 1. The summed E-state index contributed by atoms with van der Waals surface area (Å²) in [4.78, 5) is 8.93. The lowest BCUT2D eigenvalue weighted by Crippen LogP contribution is -2.37. The van der Waals surface area contributed by atoms with Crippen LogP contribution < -0.4 is 15.4 Å². The number of nitrogens with one attached hydrogen (secondary N) is 2. The third-order valence-corrected chi connectivity index (χ3v) is 3.55. The maximum Gasteiger partial charge on any atom is 0.213 e. The topological polar surface area (TPSA) is 58.5 Å². The lowest BCUT2D eigenvalue weighted by Gasteiger charge is -2.10. The van der Waals surface area contributed by atoms with Gasteiger partial charge in [-0.2, -0.15) is 0 Å². The van der Waals surface area contributed by atoms with Crippen molar-refractivity contribution in [2.24, 2.45) is 10.9 Å². The lowest BCUT2D eigenvalue weighted by atomic mass is 10.3. The van der Waals surface area contributed by atoms with Crippen LogP contribution in [0.15, 0.2) is 23.3 Å². The normalized spacial score (nSPS) is 14.1. The molecule has 1 fully saturated rings. The monoisotopic (exact) mass is 432 g/mol. The Bertz CT molecular complexity index is 460. The highest BCUT2D eigenvalue weighted by Gasteiger charge is 2.21. The van der Waals surface area contributed by atoms with Crippen molar-refractivity contribution >= 4 is 29.9 Å². The van der Waals surface area contributed by atoms with Crippen molar-refractivity contribution in [3.8, 4) is 5.88 Å². The zero-order valence-electron chi connectivity index (χ0n) is 14.2. The molecule has 1 aromatic heterocycles. The first kappa shape index (κ1) is 20.0. The predicted molar refractivity (Wildman–Crippen MR) is 106 cm³/mol. The Morgan fingerprint density at radius 1 is 1.30 bits per heavy atom. The van der Waals surface area contributed by atoms with E-state index in [1.807, 2.05) is 18.3 Å². The molecule has 0 aromatic carbocycles. The number of rotatable bonds is 9. The van der Waals surface area contributed by atoms with Gasteiger partial charge in [-0.15, -0.1) is 24.0 Å². The molecule has 0 atom stereocenters. The molecular formula is C17H29IN4O. The van der Waals surface area contributed by atoms with Crippen molar-refractivity contribution in [3.63, 3.8) is 0 Å². The molecule has 2 rings (SSSR count). The van der Waals surface area contributed by atoms with Crippen molar-refractivity contribution in [2.75, 3.05) is 19.7 Å². The van der Waals surface area contributed by atoms with Crippen molar-refractivity contribution in [3.05, 3.63) is 23.9 Å². The highest BCUT2D eigenvalue weighted by molar-refractivity contribution is 14.0. The molecule has 0 aliphatic heterocycles. The van der Waals surface area contributed by atoms with E-state index in [1.165, 1.54) is 19.3 Å². The van der Waals surface area contributed by atoms with Gasteiger partial charge in [0.25, 0.3) is 0 Å². The van der Waals surface area contributed by atoms with Gasteiger partial charge in [-0.05, 0) is 37.7 Å². The zero-order chi connectivity index (χ0) is 15.6. The fourth-order valence-corrected chi connectivity index (χ4v) is 1.97.